The number of anilines is 1. The van der Waals surface area contributed by atoms with Crippen molar-refractivity contribution in [1.29, 1.82) is 0 Å². The molecule has 0 saturated carbocycles. The normalized spacial score (nSPS) is 13.9. The van der Waals surface area contributed by atoms with Crippen LogP contribution in [-0.4, -0.2) is 45.8 Å². The van der Waals surface area contributed by atoms with Crippen molar-refractivity contribution in [2.24, 2.45) is 0 Å². The minimum absolute atomic E-state index is 0.184. The third kappa shape index (κ3) is 4.55. The van der Waals surface area contributed by atoms with Crippen LogP contribution < -0.4 is 5.32 Å². The lowest BCUT2D eigenvalue weighted by molar-refractivity contribution is -0.127. The van der Waals surface area contributed by atoms with Gasteiger partial charge in [-0.2, -0.15) is 0 Å². The lowest BCUT2D eigenvalue weighted by Gasteiger charge is -2.14. The molecule has 24 heavy (non-hydrogen) atoms. The summed E-state index contributed by atoms with van der Waals surface area (Å²) in [6.07, 6.45) is 2.21. The van der Waals surface area contributed by atoms with Crippen molar-refractivity contribution in [3.8, 4) is 0 Å². The third-order valence-corrected chi connectivity index (χ3v) is 5.64. The van der Waals surface area contributed by atoms with E-state index in [1.807, 2.05) is 35.2 Å². The van der Waals surface area contributed by atoms with E-state index < -0.39 is 0 Å². The van der Waals surface area contributed by atoms with Crippen molar-refractivity contribution >= 4 is 40.6 Å². The smallest absolute Gasteiger partial charge is 0.286 e. The molecule has 1 aliphatic heterocycles. The molecule has 0 unspecified atom stereocenters. The lowest BCUT2D eigenvalue weighted by atomic mass is 10.3. The molecule has 1 aliphatic rings. The average molecular weight is 362 g/mol. The minimum Gasteiger partial charge on any atom is -0.342 e. The van der Waals surface area contributed by atoms with Crippen molar-refractivity contribution in [3.05, 3.63) is 40.3 Å². The fraction of sp³-hybridized carbons (Fsp3) is 0.375. The van der Waals surface area contributed by atoms with Crippen molar-refractivity contribution in [2.45, 2.75) is 18.6 Å². The number of nitrogens with one attached hydrogen (secondary N) is 1. The highest BCUT2D eigenvalue weighted by Gasteiger charge is 2.18. The first kappa shape index (κ1) is 16.9. The van der Waals surface area contributed by atoms with E-state index in [2.05, 4.69) is 15.5 Å². The number of thioether (sulfide) groups is 1. The highest BCUT2D eigenvalue weighted by atomic mass is 32.2. The van der Waals surface area contributed by atoms with Gasteiger partial charge in [0.25, 0.3) is 5.91 Å². The summed E-state index contributed by atoms with van der Waals surface area (Å²) in [5.74, 6) is 0.966. The second-order valence-electron chi connectivity index (χ2n) is 5.40. The Labute approximate surface area is 148 Å². The summed E-state index contributed by atoms with van der Waals surface area (Å²) in [6.45, 7) is 1.75. The predicted octanol–water partition coefficient (Wildman–Crippen LogP) is 2.65. The van der Waals surface area contributed by atoms with Gasteiger partial charge in [0.2, 0.25) is 10.9 Å². The number of hydrogen-bond donors (Lipinski definition) is 1. The number of aromatic nitrogens is 2. The molecule has 1 fully saturated rings. The van der Waals surface area contributed by atoms with Gasteiger partial charge in [-0.25, -0.2) is 0 Å². The van der Waals surface area contributed by atoms with E-state index in [0.717, 1.165) is 36.6 Å². The van der Waals surface area contributed by atoms with Crippen LogP contribution in [-0.2, 0) is 10.5 Å². The molecule has 0 atom stereocenters. The summed E-state index contributed by atoms with van der Waals surface area (Å²) in [4.78, 5) is 26.0. The molecule has 1 aromatic heterocycles. The fourth-order valence-corrected chi connectivity index (χ4v) is 4.10. The molecule has 2 amide bonds. The number of amides is 2. The van der Waals surface area contributed by atoms with E-state index in [4.69, 9.17) is 0 Å². The Bertz CT molecular complexity index is 699. The number of para-hydroxylation sites is 1. The van der Waals surface area contributed by atoms with Crippen LogP contribution in [0.3, 0.4) is 0 Å². The van der Waals surface area contributed by atoms with Gasteiger partial charge in [-0.05, 0) is 25.0 Å². The second kappa shape index (κ2) is 8.25. The Morgan fingerprint density at radius 2 is 1.92 bits per heavy atom. The molecule has 6 nitrogen and oxygen atoms in total. The number of hydrogen-bond acceptors (Lipinski definition) is 6. The van der Waals surface area contributed by atoms with E-state index >= 15 is 0 Å². The van der Waals surface area contributed by atoms with Crippen LogP contribution in [0, 0.1) is 0 Å². The third-order valence-electron chi connectivity index (χ3n) is 3.60. The van der Waals surface area contributed by atoms with Crippen molar-refractivity contribution < 1.29 is 9.59 Å². The van der Waals surface area contributed by atoms with Crippen molar-refractivity contribution in [1.82, 2.24) is 15.1 Å². The minimum atomic E-state index is -0.261. The Morgan fingerprint density at radius 3 is 2.67 bits per heavy atom. The zero-order valence-electron chi connectivity index (χ0n) is 13.1. The fourth-order valence-electron chi connectivity index (χ4n) is 2.39. The van der Waals surface area contributed by atoms with Gasteiger partial charge >= 0.3 is 0 Å². The molecule has 0 aliphatic carbocycles. The van der Waals surface area contributed by atoms with Gasteiger partial charge in [0.05, 0.1) is 5.75 Å². The molecular weight excluding hydrogens is 344 g/mol. The molecule has 1 N–H and O–H groups in total. The summed E-state index contributed by atoms with van der Waals surface area (Å²) in [6, 6.07) is 9.24. The first-order valence-corrected chi connectivity index (χ1v) is 9.74. The molecule has 0 radical (unpaired) electrons. The summed E-state index contributed by atoms with van der Waals surface area (Å²) in [5.41, 5.74) is 0.727. The van der Waals surface area contributed by atoms with Crippen LogP contribution in [0.5, 0.6) is 0 Å². The van der Waals surface area contributed by atoms with Gasteiger partial charge in [-0.3, -0.25) is 9.59 Å². The van der Waals surface area contributed by atoms with Crippen LogP contribution in [0.4, 0.5) is 5.69 Å². The predicted molar refractivity (Wildman–Crippen MR) is 96.3 cm³/mol. The van der Waals surface area contributed by atoms with E-state index in [1.54, 1.807) is 0 Å². The monoisotopic (exact) mass is 362 g/mol. The Balaban J connectivity index is 1.46. The number of likely N-dealkylation sites (tertiary alicyclic amines) is 1. The molecule has 2 aromatic rings. The maximum absolute atomic E-state index is 12.1. The SMILES string of the molecule is O=C(Nc1ccccc1)c1nnc(CSCC(=O)N2CCCC2)s1. The van der Waals surface area contributed by atoms with Crippen LogP contribution in [0.25, 0.3) is 0 Å². The highest BCUT2D eigenvalue weighted by Crippen LogP contribution is 2.19. The van der Waals surface area contributed by atoms with Crippen LogP contribution in [0.2, 0.25) is 0 Å². The van der Waals surface area contributed by atoms with Crippen LogP contribution in [0.1, 0.15) is 27.7 Å². The molecular formula is C16H18N4O2S2. The maximum atomic E-state index is 12.1. The van der Waals surface area contributed by atoms with Crippen LogP contribution >= 0.6 is 23.1 Å². The quantitative estimate of drug-likeness (QED) is 0.855. The average Bonchev–Trinajstić information content (AvgIpc) is 3.28. The van der Waals surface area contributed by atoms with Crippen LogP contribution in [0.15, 0.2) is 30.3 Å². The molecule has 2 heterocycles. The van der Waals surface area contributed by atoms with Gasteiger partial charge in [0, 0.05) is 24.5 Å². The Hall–Kier alpha value is -1.93. The van der Waals surface area contributed by atoms with Gasteiger partial charge in [0.1, 0.15) is 5.01 Å². The van der Waals surface area contributed by atoms with E-state index in [0.29, 0.717) is 16.5 Å². The van der Waals surface area contributed by atoms with Gasteiger partial charge in [0.15, 0.2) is 0 Å². The highest BCUT2D eigenvalue weighted by molar-refractivity contribution is 7.99. The van der Waals surface area contributed by atoms with Crippen molar-refractivity contribution in [3.63, 3.8) is 0 Å². The first-order valence-electron chi connectivity index (χ1n) is 7.76. The zero-order valence-corrected chi connectivity index (χ0v) is 14.7. The zero-order chi connectivity index (χ0) is 16.8. The van der Waals surface area contributed by atoms with E-state index in [1.165, 1.54) is 23.1 Å². The summed E-state index contributed by atoms with van der Waals surface area (Å²) in [7, 11) is 0. The van der Waals surface area contributed by atoms with E-state index in [-0.39, 0.29) is 11.8 Å². The topological polar surface area (TPSA) is 75.2 Å². The number of carbonyl (C=O) groups excluding carboxylic acids is 2. The molecule has 0 spiro atoms. The standard InChI is InChI=1S/C16H18N4O2S2/c21-14(20-8-4-5-9-20)11-23-10-13-18-19-16(24-13)15(22)17-12-6-2-1-3-7-12/h1-3,6-7H,4-5,8-11H2,(H,17,22). The second-order valence-corrected chi connectivity index (χ2v) is 7.45. The van der Waals surface area contributed by atoms with Gasteiger partial charge in [-0.15, -0.1) is 22.0 Å². The molecule has 126 valence electrons. The lowest BCUT2D eigenvalue weighted by Crippen LogP contribution is -2.29. The number of carbonyl (C=O) groups is 2. The molecule has 1 saturated heterocycles. The van der Waals surface area contributed by atoms with E-state index in [9.17, 15) is 9.59 Å². The number of benzene rings is 1. The number of rotatable bonds is 6. The molecule has 0 bridgehead atoms. The van der Waals surface area contributed by atoms with Gasteiger partial charge < -0.3 is 10.2 Å². The van der Waals surface area contributed by atoms with Gasteiger partial charge in [-0.1, -0.05) is 29.5 Å². The maximum Gasteiger partial charge on any atom is 0.286 e. The summed E-state index contributed by atoms with van der Waals surface area (Å²) in [5, 5.41) is 11.8. The molecule has 3 rings (SSSR count). The summed E-state index contributed by atoms with van der Waals surface area (Å²) >= 11 is 2.78. The first-order chi connectivity index (χ1) is 11.7. The summed E-state index contributed by atoms with van der Waals surface area (Å²) < 4.78 is 0. The Morgan fingerprint density at radius 1 is 1.17 bits per heavy atom. The molecule has 8 heteroatoms. The Kier molecular flexibility index (Phi) is 5.81. The largest absolute Gasteiger partial charge is 0.342 e. The number of nitrogens with zero attached hydrogens (tertiary/aromatic N) is 3. The van der Waals surface area contributed by atoms with Crippen molar-refractivity contribution in [2.75, 3.05) is 24.2 Å². The molecule has 1 aromatic carbocycles.